The Morgan fingerprint density at radius 1 is 1.02 bits per heavy atom. The highest BCUT2D eigenvalue weighted by Crippen LogP contribution is 2.33. The predicted octanol–water partition coefficient (Wildman–Crippen LogP) is 2.76. The number of piperidine rings is 2. The Balaban J connectivity index is 1.01. The van der Waals surface area contributed by atoms with Crippen LogP contribution in [0.2, 0.25) is 0 Å². The number of hydrazone groups is 1. The van der Waals surface area contributed by atoms with Crippen molar-refractivity contribution >= 4 is 23.5 Å². The Labute approximate surface area is 243 Å². The first-order chi connectivity index (χ1) is 19.7. The minimum Gasteiger partial charge on any atom is -0.372 e. The van der Waals surface area contributed by atoms with Crippen LogP contribution in [0.1, 0.15) is 49.9 Å². The van der Waals surface area contributed by atoms with E-state index in [4.69, 9.17) is 5.10 Å². The smallest absolute Gasteiger partial charge is 0.253 e. The van der Waals surface area contributed by atoms with Gasteiger partial charge >= 0.3 is 0 Å². The van der Waals surface area contributed by atoms with Gasteiger partial charge in [-0.3, -0.25) is 9.59 Å². The molecular formula is C31H44N8O2. The SMILES string of the molecule is CN1CCC(N(C)C(=O)c2ccc(NC3=NN4C=CC=C(N5CCC(C(=O)N6CC(C)(C)C6)CC5)C4N3)cc2)CC1. The standard InChI is InChI=1S/C31H44N8O2/c1-31(2)20-38(21-31)29(41)23-11-18-37(19-12-23)26-6-5-15-39-27(26)33-30(34-39)32-24-9-7-22(8-10-24)28(40)36(4)25-13-16-35(3)17-14-25/h5-10,15,23,25,27H,11-14,16-21H2,1-4H3,(H2,32,33,34). The Kier molecular flexibility index (Phi) is 7.44. The van der Waals surface area contributed by atoms with E-state index in [1.807, 2.05) is 58.4 Å². The van der Waals surface area contributed by atoms with Gasteiger partial charge in [0.2, 0.25) is 11.9 Å². The number of rotatable bonds is 5. The molecule has 0 aliphatic carbocycles. The molecule has 2 amide bonds. The van der Waals surface area contributed by atoms with Crippen LogP contribution in [0.4, 0.5) is 5.69 Å². The van der Waals surface area contributed by atoms with E-state index in [0.29, 0.717) is 23.5 Å². The molecule has 10 nitrogen and oxygen atoms in total. The minimum absolute atomic E-state index is 0.0682. The highest BCUT2D eigenvalue weighted by molar-refractivity contribution is 5.97. The van der Waals surface area contributed by atoms with Crippen LogP contribution in [-0.4, -0.2) is 108 Å². The maximum Gasteiger partial charge on any atom is 0.253 e. The van der Waals surface area contributed by atoms with E-state index in [1.165, 1.54) is 5.70 Å². The number of likely N-dealkylation sites (tertiary alicyclic amines) is 3. The first kappa shape index (κ1) is 27.6. The topological polar surface area (TPSA) is 86.8 Å². The Hall–Kier alpha value is -3.53. The number of nitrogens with zero attached hydrogens (tertiary/aromatic N) is 6. The summed E-state index contributed by atoms with van der Waals surface area (Å²) in [6.45, 7) is 9.99. The predicted molar refractivity (Wildman–Crippen MR) is 161 cm³/mol. The van der Waals surface area contributed by atoms with Crippen molar-refractivity contribution in [2.75, 3.05) is 58.7 Å². The number of anilines is 1. The number of fused-ring (bicyclic) bond motifs is 1. The molecule has 10 heteroatoms. The second kappa shape index (κ2) is 11.0. The fourth-order valence-electron chi connectivity index (χ4n) is 6.76. The second-order valence-electron chi connectivity index (χ2n) is 13.1. The van der Waals surface area contributed by atoms with Gasteiger partial charge < -0.3 is 30.2 Å². The van der Waals surface area contributed by atoms with Crippen LogP contribution in [0.3, 0.4) is 0 Å². The Morgan fingerprint density at radius 3 is 2.37 bits per heavy atom. The molecule has 5 heterocycles. The Morgan fingerprint density at radius 2 is 1.71 bits per heavy atom. The number of allylic oxidation sites excluding steroid dienone is 2. The van der Waals surface area contributed by atoms with Crippen LogP contribution in [0.25, 0.3) is 0 Å². The van der Waals surface area contributed by atoms with Crippen LogP contribution >= 0.6 is 0 Å². The van der Waals surface area contributed by atoms with Crippen LogP contribution < -0.4 is 10.6 Å². The maximum atomic E-state index is 13.1. The highest BCUT2D eigenvalue weighted by Gasteiger charge is 2.41. The van der Waals surface area contributed by atoms with Crippen LogP contribution in [0.5, 0.6) is 0 Å². The van der Waals surface area contributed by atoms with Gasteiger partial charge in [0.05, 0.1) is 5.70 Å². The molecule has 0 saturated carbocycles. The number of carbonyl (C=O) groups excluding carboxylic acids is 2. The lowest BCUT2D eigenvalue weighted by Crippen LogP contribution is -2.58. The van der Waals surface area contributed by atoms with E-state index in [1.54, 1.807) is 0 Å². The molecule has 0 aromatic heterocycles. The van der Waals surface area contributed by atoms with E-state index in [2.05, 4.69) is 47.4 Å². The molecule has 1 unspecified atom stereocenters. The average Bonchev–Trinajstić information content (AvgIpc) is 3.38. The summed E-state index contributed by atoms with van der Waals surface area (Å²) in [4.78, 5) is 34.7. The number of hydrogen-bond donors (Lipinski definition) is 2. The number of amides is 2. The van der Waals surface area contributed by atoms with Crippen molar-refractivity contribution in [1.82, 2.24) is 29.9 Å². The zero-order valence-electron chi connectivity index (χ0n) is 24.8. The molecular weight excluding hydrogens is 516 g/mol. The minimum atomic E-state index is -0.0880. The van der Waals surface area contributed by atoms with Crippen molar-refractivity contribution in [2.24, 2.45) is 16.4 Å². The van der Waals surface area contributed by atoms with Crippen molar-refractivity contribution in [3.63, 3.8) is 0 Å². The Bertz CT molecular complexity index is 1230. The molecule has 0 spiro atoms. The molecule has 1 atom stereocenters. The summed E-state index contributed by atoms with van der Waals surface area (Å²) in [5.74, 6) is 1.19. The van der Waals surface area contributed by atoms with E-state index in [-0.39, 0.29) is 23.4 Å². The van der Waals surface area contributed by atoms with Gasteiger partial charge in [0.15, 0.2) is 6.17 Å². The first-order valence-electron chi connectivity index (χ1n) is 15.1. The van der Waals surface area contributed by atoms with Gasteiger partial charge in [-0.15, -0.1) is 5.10 Å². The fourth-order valence-corrected chi connectivity index (χ4v) is 6.76. The van der Waals surface area contributed by atoms with Gasteiger partial charge in [0.1, 0.15) is 0 Å². The van der Waals surface area contributed by atoms with Crippen molar-refractivity contribution in [2.45, 2.75) is 51.7 Å². The fraction of sp³-hybridized carbons (Fsp3) is 0.581. The number of guanidine groups is 1. The van der Waals surface area contributed by atoms with Gasteiger partial charge in [-0.05, 0) is 87.7 Å². The second-order valence-corrected chi connectivity index (χ2v) is 13.1. The van der Waals surface area contributed by atoms with Crippen molar-refractivity contribution < 1.29 is 9.59 Å². The van der Waals surface area contributed by atoms with Crippen molar-refractivity contribution in [1.29, 1.82) is 0 Å². The molecule has 6 rings (SSSR count). The van der Waals surface area contributed by atoms with E-state index < -0.39 is 0 Å². The average molecular weight is 561 g/mol. The monoisotopic (exact) mass is 560 g/mol. The van der Waals surface area contributed by atoms with Crippen molar-refractivity contribution in [3.05, 3.63) is 53.9 Å². The summed E-state index contributed by atoms with van der Waals surface area (Å²) in [5.41, 5.74) is 3.00. The van der Waals surface area contributed by atoms with Crippen molar-refractivity contribution in [3.8, 4) is 0 Å². The normalized spacial score (nSPS) is 24.7. The van der Waals surface area contributed by atoms with E-state index in [9.17, 15) is 9.59 Å². The van der Waals surface area contributed by atoms with Gasteiger partial charge in [-0.2, -0.15) is 0 Å². The number of benzene rings is 1. The lowest BCUT2D eigenvalue weighted by Gasteiger charge is -2.48. The summed E-state index contributed by atoms with van der Waals surface area (Å²) >= 11 is 0. The van der Waals surface area contributed by atoms with E-state index in [0.717, 1.165) is 70.6 Å². The zero-order chi connectivity index (χ0) is 28.7. The summed E-state index contributed by atoms with van der Waals surface area (Å²) in [6.07, 6.45) is 9.85. The van der Waals surface area contributed by atoms with Gasteiger partial charge in [-0.1, -0.05) is 13.8 Å². The van der Waals surface area contributed by atoms with Gasteiger partial charge in [0, 0.05) is 62.6 Å². The summed E-state index contributed by atoms with van der Waals surface area (Å²) in [5, 5.41) is 13.6. The largest absolute Gasteiger partial charge is 0.372 e. The molecule has 41 heavy (non-hydrogen) atoms. The first-order valence-corrected chi connectivity index (χ1v) is 15.1. The maximum absolute atomic E-state index is 13.1. The molecule has 1 aromatic carbocycles. The molecule has 0 radical (unpaired) electrons. The quantitative estimate of drug-likeness (QED) is 0.573. The summed E-state index contributed by atoms with van der Waals surface area (Å²) in [7, 11) is 4.05. The van der Waals surface area contributed by atoms with Crippen LogP contribution in [-0.2, 0) is 4.79 Å². The number of hydrogen-bond acceptors (Lipinski definition) is 8. The lowest BCUT2D eigenvalue weighted by molar-refractivity contribution is -0.147. The summed E-state index contributed by atoms with van der Waals surface area (Å²) < 4.78 is 0. The molecule has 2 N–H and O–H groups in total. The third kappa shape index (κ3) is 5.80. The molecule has 3 fully saturated rings. The van der Waals surface area contributed by atoms with Crippen LogP contribution in [0, 0.1) is 11.3 Å². The molecule has 5 aliphatic rings. The van der Waals surface area contributed by atoms with Crippen LogP contribution in [0.15, 0.2) is 53.4 Å². The lowest BCUT2D eigenvalue weighted by atomic mass is 9.82. The molecule has 1 aromatic rings. The van der Waals surface area contributed by atoms with E-state index >= 15 is 0 Å². The molecule has 3 saturated heterocycles. The van der Waals surface area contributed by atoms with Gasteiger partial charge in [-0.25, -0.2) is 5.01 Å². The molecule has 220 valence electrons. The zero-order valence-corrected chi connectivity index (χ0v) is 24.8. The number of carbonyl (C=O) groups is 2. The highest BCUT2D eigenvalue weighted by atomic mass is 16.2. The molecule has 5 aliphatic heterocycles. The molecule has 0 bridgehead atoms. The third-order valence-electron chi connectivity index (χ3n) is 9.25. The third-order valence-corrected chi connectivity index (χ3v) is 9.25. The summed E-state index contributed by atoms with van der Waals surface area (Å²) in [6, 6.07) is 7.93. The number of nitrogens with one attached hydrogen (secondary N) is 2. The van der Waals surface area contributed by atoms with Gasteiger partial charge in [0.25, 0.3) is 5.91 Å².